The summed E-state index contributed by atoms with van der Waals surface area (Å²) in [7, 11) is 1.61. The topological polar surface area (TPSA) is 80.0 Å². The lowest BCUT2D eigenvalue weighted by atomic mass is 9.76. The van der Waals surface area contributed by atoms with Crippen molar-refractivity contribution in [3.63, 3.8) is 0 Å². The van der Waals surface area contributed by atoms with Crippen molar-refractivity contribution in [3.05, 3.63) is 46.1 Å². The standard InChI is InChI=1S/C19H17FN4OS/c1-24-17(25)9-19(23-18(24)22)6-2-3-15-13(19)8-16(26-15)11-4-5-14(20)12(7-11)10-21/h4-5,7-8H,2-3,6,9H2,1H3,(H2,22,23)/t19-/m0/s1. The average Bonchev–Trinajstić information content (AvgIpc) is 3.06. The molecule has 132 valence electrons. The van der Waals surface area contributed by atoms with Crippen LogP contribution in [0.1, 0.15) is 35.3 Å². The van der Waals surface area contributed by atoms with E-state index in [1.807, 2.05) is 12.1 Å². The highest BCUT2D eigenvalue weighted by molar-refractivity contribution is 7.15. The van der Waals surface area contributed by atoms with Gasteiger partial charge < -0.3 is 5.32 Å². The number of nitrogens with one attached hydrogen (secondary N) is 2. The van der Waals surface area contributed by atoms with Crippen LogP contribution >= 0.6 is 11.3 Å². The van der Waals surface area contributed by atoms with Crippen molar-refractivity contribution in [1.82, 2.24) is 10.2 Å². The summed E-state index contributed by atoms with van der Waals surface area (Å²) < 4.78 is 13.6. The molecule has 4 rings (SSSR count). The lowest BCUT2D eigenvalue weighted by molar-refractivity contribution is -0.129. The molecule has 1 aromatic carbocycles. The lowest BCUT2D eigenvalue weighted by Gasteiger charge is -2.44. The first kappa shape index (κ1) is 16.7. The van der Waals surface area contributed by atoms with Crippen molar-refractivity contribution in [1.29, 1.82) is 10.7 Å². The summed E-state index contributed by atoms with van der Waals surface area (Å²) in [6.07, 6.45) is 2.98. The Morgan fingerprint density at radius 1 is 1.42 bits per heavy atom. The monoisotopic (exact) mass is 368 g/mol. The zero-order chi connectivity index (χ0) is 18.5. The van der Waals surface area contributed by atoms with E-state index in [0.717, 1.165) is 35.3 Å². The summed E-state index contributed by atoms with van der Waals surface area (Å²) in [5.74, 6) is -0.469. The van der Waals surface area contributed by atoms with Gasteiger partial charge in [0.25, 0.3) is 0 Å². The second-order valence-electron chi connectivity index (χ2n) is 6.79. The van der Waals surface area contributed by atoms with E-state index < -0.39 is 11.4 Å². The number of benzene rings is 1. The zero-order valence-electron chi connectivity index (χ0n) is 14.2. The molecule has 0 bridgehead atoms. The van der Waals surface area contributed by atoms with Gasteiger partial charge in [-0.25, -0.2) is 4.39 Å². The van der Waals surface area contributed by atoms with E-state index in [1.165, 1.54) is 15.8 Å². The van der Waals surface area contributed by atoms with Gasteiger partial charge in [-0.3, -0.25) is 15.1 Å². The molecule has 1 spiro atoms. The maximum Gasteiger partial charge on any atom is 0.231 e. The molecule has 0 saturated carbocycles. The normalized spacial score (nSPS) is 22.1. The molecule has 0 radical (unpaired) electrons. The van der Waals surface area contributed by atoms with Crippen LogP contribution in [0.3, 0.4) is 0 Å². The summed E-state index contributed by atoms with van der Waals surface area (Å²) in [6.45, 7) is 0. The van der Waals surface area contributed by atoms with E-state index in [-0.39, 0.29) is 17.4 Å². The average molecular weight is 368 g/mol. The Bertz CT molecular complexity index is 956. The number of aryl methyl sites for hydroxylation is 1. The predicted octanol–water partition coefficient (Wildman–Crippen LogP) is 3.34. The molecule has 1 aliphatic carbocycles. The fraction of sp³-hybridized carbons (Fsp3) is 0.316. The number of rotatable bonds is 1. The molecule has 1 fully saturated rings. The highest BCUT2D eigenvalue weighted by Gasteiger charge is 2.45. The molecule has 2 aromatic rings. The van der Waals surface area contributed by atoms with E-state index in [0.29, 0.717) is 6.42 Å². The smallest absolute Gasteiger partial charge is 0.231 e. The molecule has 2 N–H and O–H groups in total. The van der Waals surface area contributed by atoms with E-state index >= 15 is 0 Å². The van der Waals surface area contributed by atoms with Gasteiger partial charge in [-0.15, -0.1) is 11.3 Å². The van der Waals surface area contributed by atoms with E-state index in [1.54, 1.807) is 30.5 Å². The summed E-state index contributed by atoms with van der Waals surface area (Å²) in [5, 5.41) is 20.4. The minimum Gasteiger partial charge on any atom is -0.346 e. The van der Waals surface area contributed by atoms with Gasteiger partial charge >= 0.3 is 0 Å². The molecule has 1 aromatic heterocycles. The highest BCUT2D eigenvalue weighted by Crippen LogP contribution is 2.46. The van der Waals surface area contributed by atoms with E-state index in [4.69, 9.17) is 10.7 Å². The first-order valence-corrected chi connectivity index (χ1v) is 9.22. The Kier molecular flexibility index (Phi) is 3.81. The molecule has 1 aliphatic heterocycles. The van der Waals surface area contributed by atoms with Gasteiger partial charge in [-0.05, 0) is 48.6 Å². The third kappa shape index (κ3) is 2.49. The molecule has 1 atom stereocenters. The highest BCUT2D eigenvalue weighted by atomic mass is 32.1. The van der Waals surface area contributed by atoms with Crippen LogP contribution in [0.15, 0.2) is 24.3 Å². The van der Waals surface area contributed by atoms with E-state index in [9.17, 15) is 9.18 Å². The van der Waals surface area contributed by atoms with Gasteiger partial charge in [-0.1, -0.05) is 6.07 Å². The molecule has 26 heavy (non-hydrogen) atoms. The van der Waals surface area contributed by atoms with Crippen molar-refractivity contribution in [3.8, 4) is 16.5 Å². The number of hydrogen-bond acceptors (Lipinski definition) is 4. The zero-order valence-corrected chi connectivity index (χ0v) is 15.0. The summed E-state index contributed by atoms with van der Waals surface area (Å²) in [4.78, 5) is 15.8. The van der Waals surface area contributed by atoms with Gasteiger partial charge in [0, 0.05) is 16.8 Å². The van der Waals surface area contributed by atoms with Gasteiger partial charge in [0.05, 0.1) is 17.5 Å². The number of thiophene rings is 1. The number of amides is 1. The number of carbonyl (C=O) groups is 1. The number of guanidine groups is 1. The third-order valence-electron chi connectivity index (χ3n) is 5.22. The lowest BCUT2D eigenvalue weighted by Crippen LogP contribution is -2.60. The molecule has 7 heteroatoms. The van der Waals surface area contributed by atoms with Crippen LogP contribution in [-0.2, 0) is 16.8 Å². The van der Waals surface area contributed by atoms with Gasteiger partial charge in [0.1, 0.15) is 11.9 Å². The second-order valence-corrected chi connectivity index (χ2v) is 7.93. The van der Waals surface area contributed by atoms with Gasteiger partial charge in [0.2, 0.25) is 5.91 Å². The Labute approximate surface area is 154 Å². The minimum absolute atomic E-state index is 0.0259. The van der Waals surface area contributed by atoms with Crippen LogP contribution in [0.5, 0.6) is 0 Å². The van der Waals surface area contributed by atoms with Crippen molar-refractivity contribution < 1.29 is 9.18 Å². The number of nitrogens with zero attached hydrogens (tertiary/aromatic N) is 2. The molecule has 1 amide bonds. The molecule has 5 nitrogen and oxygen atoms in total. The fourth-order valence-electron chi connectivity index (χ4n) is 3.78. The first-order chi connectivity index (χ1) is 12.4. The van der Waals surface area contributed by atoms with Crippen LogP contribution in [0.2, 0.25) is 0 Å². The number of hydrogen-bond donors (Lipinski definition) is 2. The molecular formula is C19H17FN4OS. The number of fused-ring (bicyclic) bond motifs is 2. The summed E-state index contributed by atoms with van der Waals surface area (Å²) >= 11 is 1.62. The van der Waals surface area contributed by atoms with Crippen molar-refractivity contribution in [2.45, 2.75) is 31.2 Å². The van der Waals surface area contributed by atoms with Crippen LogP contribution in [0.25, 0.3) is 10.4 Å². The van der Waals surface area contributed by atoms with Crippen molar-refractivity contribution in [2.24, 2.45) is 0 Å². The molecule has 2 aliphatic rings. The van der Waals surface area contributed by atoms with Crippen molar-refractivity contribution in [2.75, 3.05) is 7.05 Å². The predicted molar refractivity (Wildman–Crippen MR) is 97.3 cm³/mol. The second kappa shape index (κ2) is 5.92. The summed E-state index contributed by atoms with van der Waals surface area (Å²) in [5.41, 5.74) is 1.34. The molecule has 1 saturated heterocycles. The van der Waals surface area contributed by atoms with Crippen LogP contribution in [-0.4, -0.2) is 23.8 Å². The maximum absolute atomic E-state index is 13.6. The van der Waals surface area contributed by atoms with Crippen molar-refractivity contribution >= 4 is 23.2 Å². The SMILES string of the molecule is CN1C(=N)N[C@@]2(CCCc3sc(-c4ccc(F)c(C#N)c4)cc32)CC1=O. The molecular weight excluding hydrogens is 351 g/mol. The Morgan fingerprint density at radius 3 is 2.96 bits per heavy atom. The third-order valence-corrected chi connectivity index (χ3v) is 6.47. The number of nitriles is 1. The number of halogens is 1. The minimum atomic E-state index is -0.541. The quantitative estimate of drug-likeness (QED) is 0.810. The van der Waals surface area contributed by atoms with Crippen LogP contribution in [0, 0.1) is 22.6 Å². The largest absolute Gasteiger partial charge is 0.346 e. The van der Waals surface area contributed by atoms with E-state index in [2.05, 4.69) is 5.32 Å². The Hall–Kier alpha value is -2.72. The Balaban J connectivity index is 1.79. The van der Waals surface area contributed by atoms with Crippen LogP contribution < -0.4 is 5.32 Å². The summed E-state index contributed by atoms with van der Waals surface area (Å²) in [6, 6.07) is 8.47. The maximum atomic E-state index is 13.6. The molecule has 0 unspecified atom stereocenters. The van der Waals surface area contributed by atoms with Crippen LogP contribution in [0.4, 0.5) is 4.39 Å². The number of carbonyl (C=O) groups excluding carboxylic acids is 1. The Morgan fingerprint density at radius 2 is 2.23 bits per heavy atom. The van der Waals surface area contributed by atoms with Gasteiger partial charge in [-0.2, -0.15) is 5.26 Å². The first-order valence-electron chi connectivity index (χ1n) is 8.40. The fourth-order valence-corrected chi connectivity index (χ4v) is 5.08. The van der Waals surface area contributed by atoms with Gasteiger partial charge in [0.15, 0.2) is 5.96 Å². The molecule has 2 heterocycles.